The fraction of sp³-hybridized carbons (Fsp3) is 0.120. The molecule has 0 unspecified atom stereocenters. The van der Waals surface area contributed by atoms with E-state index in [2.05, 4.69) is 4.98 Å². The van der Waals surface area contributed by atoms with Crippen LogP contribution in [0.2, 0.25) is 0 Å². The number of carbonyl (C=O) groups is 1. The quantitative estimate of drug-likeness (QED) is 0.464. The number of carboxylic acid groups (broad SMARTS) is 1. The Kier molecular flexibility index (Phi) is 5.35. The summed E-state index contributed by atoms with van der Waals surface area (Å²) in [5.41, 5.74) is 4.23. The second-order valence-corrected chi connectivity index (χ2v) is 7.02. The largest absolute Gasteiger partial charge is 0.493 e. The van der Waals surface area contributed by atoms with Gasteiger partial charge in [-0.2, -0.15) is 0 Å². The third-order valence-corrected chi connectivity index (χ3v) is 4.89. The molecule has 1 heterocycles. The third-order valence-electron chi connectivity index (χ3n) is 4.89. The Bertz CT molecular complexity index is 1220. The van der Waals surface area contributed by atoms with Crippen LogP contribution < -0.4 is 9.47 Å². The van der Waals surface area contributed by atoms with Crippen molar-refractivity contribution < 1.29 is 19.4 Å². The molecule has 4 aromatic rings. The summed E-state index contributed by atoms with van der Waals surface area (Å²) in [6.07, 6.45) is 0. The Labute approximate surface area is 174 Å². The van der Waals surface area contributed by atoms with E-state index in [1.165, 1.54) is 0 Å². The van der Waals surface area contributed by atoms with Crippen LogP contribution in [0.4, 0.5) is 0 Å². The van der Waals surface area contributed by atoms with Crippen LogP contribution in [-0.4, -0.2) is 23.2 Å². The maximum Gasteiger partial charge on any atom is 0.336 e. The maximum absolute atomic E-state index is 11.8. The monoisotopic (exact) mass is 399 g/mol. The molecule has 0 saturated carbocycles. The van der Waals surface area contributed by atoms with Gasteiger partial charge in [-0.15, -0.1) is 0 Å². The molecule has 0 aliphatic carbocycles. The number of fused-ring (bicyclic) bond motifs is 1. The number of ether oxygens (including phenoxy) is 2. The summed E-state index contributed by atoms with van der Waals surface area (Å²) in [6.45, 7) is 2.35. The first-order valence-electron chi connectivity index (χ1n) is 9.55. The number of nitrogens with zero attached hydrogens (tertiary/aromatic N) is 1. The number of hydrogen-bond acceptors (Lipinski definition) is 4. The van der Waals surface area contributed by atoms with Gasteiger partial charge in [0.2, 0.25) is 0 Å². The summed E-state index contributed by atoms with van der Waals surface area (Å²) in [7, 11) is 1.58. The lowest BCUT2D eigenvalue weighted by molar-refractivity contribution is 0.0699. The average molecular weight is 399 g/mol. The molecule has 0 aliphatic rings. The van der Waals surface area contributed by atoms with Gasteiger partial charge < -0.3 is 14.6 Å². The Morgan fingerprint density at radius 2 is 1.77 bits per heavy atom. The van der Waals surface area contributed by atoms with E-state index in [0.29, 0.717) is 34.7 Å². The minimum absolute atomic E-state index is 0.224. The molecule has 0 aliphatic heterocycles. The lowest BCUT2D eigenvalue weighted by atomic mass is 10.0. The van der Waals surface area contributed by atoms with E-state index >= 15 is 0 Å². The second kappa shape index (κ2) is 8.25. The number of aryl methyl sites for hydroxylation is 1. The molecule has 30 heavy (non-hydrogen) atoms. The fourth-order valence-electron chi connectivity index (χ4n) is 3.35. The summed E-state index contributed by atoms with van der Waals surface area (Å²) >= 11 is 0. The van der Waals surface area contributed by atoms with E-state index in [9.17, 15) is 9.90 Å². The Hall–Kier alpha value is -3.86. The minimum Gasteiger partial charge on any atom is -0.493 e. The topological polar surface area (TPSA) is 68.7 Å². The zero-order valence-electron chi connectivity index (χ0n) is 16.8. The second-order valence-electron chi connectivity index (χ2n) is 7.02. The van der Waals surface area contributed by atoms with Gasteiger partial charge in [0.1, 0.15) is 6.61 Å². The molecule has 0 radical (unpaired) electrons. The molecule has 0 spiro atoms. The summed E-state index contributed by atoms with van der Waals surface area (Å²) in [6, 6.07) is 22.6. The van der Waals surface area contributed by atoms with Gasteiger partial charge in [0.25, 0.3) is 0 Å². The zero-order chi connectivity index (χ0) is 21.1. The highest BCUT2D eigenvalue weighted by atomic mass is 16.5. The molecule has 4 rings (SSSR count). The first-order chi connectivity index (χ1) is 14.5. The van der Waals surface area contributed by atoms with Gasteiger partial charge in [-0.3, -0.25) is 0 Å². The number of benzene rings is 3. The lowest BCUT2D eigenvalue weighted by Crippen LogP contribution is -2.01. The van der Waals surface area contributed by atoms with Crippen molar-refractivity contribution in [3.8, 4) is 22.8 Å². The van der Waals surface area contributed by atoms with Crippen molar-refractivity contribution in [2.75, 3.05) is 7.11 Å². The van der Waals surface area contributed by atoms with Crippen LogP contribution in [0.3, 0.4) is 0 Å². The van der Waals surface area contributed by atoms with Crippen LogP contribution in [0, 0.1) is 6.92 Å². The molecule has 150 valence electrons. The summed E-state index contributed by atoms with van der Waals surface area (Å²) in [4.78, 5) is 16.5. The van der Waals surface area contributed by atoms with E-state index < -0.39 is 5.97 Å². The number of aromatic nitrogens is 1. The van der Waals surface area contributed by atoms with Crippen LogP contribution in [0.5, 0.6) is 11.5 Å². The van der Waals surface area contributed by atoms with Crippen LogP contribution in [0.1, 0.15) is 21.5 Å². The van der Waals surface area contributed by atoms with Crippen LogP contribution >= 0.6 is 0 Å². The molecule has 5 heteroatoms. The smallest absolute Gasteiger partial charge is 0.336 e. The highest BCUT2D eigenvalue weighted by Gasteiger charge is 2.15. The van der Waals surface area contributed by atoms with Crippen LogP contribution in [0.15, 0.2) is 72.8 Å². The number of aromatic carboxylic acids is 1. The van der Waals surface area contributed by atoms with Crippen molar-refractivity contribution in [3.63, 3.8) is 0 Å². The summed E-state index contributed by atoms with van der Waals surface area (Å²) < 4.78 is 11.4. The number of hydrogen-bond donors (Lipinski definition) is 1. The maximum atomic E-state index is 11.8. The average Bonchev–Trinajstić information content (AvgIpc) is 2.77. The van der Waals surface area contributed by atoms with Gasteiger partial charge in [0.05, 0.1) is 23.9 Å². The molecule has 0 saturated heterocycles. The fourth-order valence-corrected chi connectivity index (χ4v) is 3.35. The number of pyridine rings is 1. The van der Waals surface area contributed by atoms with Crippen molar-refractivity contribution >= 4 is 16.9 Å². The molecular formula is C25H21NO4. The zero-order valence-corrected chi connectivity index (χ0v) is 16.8. The molecule has 0 fully saturated rings. The van der Waals surface area contributed by atoms with E-state index in [0.717, 1.165) is 16.7 Å². The third kappa shape index (κ3) is 3.96. The number of rotatable bonds is 6. The molecule has 0 bridgehead atoms. The summed E-state index contributed by atoms with van der Waals surface area (Å²) in [5.74, 6) is 0.190. The van der Waals surface area contributed by atoms with Gasteiger partial charge in [-0.1, -0.05) is 42.0 Å². The highest BCUT2D eigenvalue weighted by Crippen LogP contribution is 2.34. The van der Waals surface area contributed by atoms with Crippen molar-refractivity contribution in [2.45, 2.75) is 13.5 Å². The molecule has 5 nitrogen and oxygen atoms in total. The van der Waals surface area contributed by atoms with Crippen LogP contribution in [0.25, 0.3) is 22.2 Å². The molecule has 1 aromatic heterocycles. The van der Waals surface area contributed by atoms with E-state index in [4.69, 9.17) is 9.47 Å². The standard InChI is InChI=1S/C25H21NO4/c1-16-8-10-21-19(12-16)20(25(27)28)14-22(26-21)18-9-11-23(24(13-18)29-2)30-15-17-6-4-3-5-7-17/h3-14H,15H2,1-2H3,(H,27,28). The van der Waals surface area contributed by atoms with Crippen molar-refractivity contribution in [1.29, 1.82) is 0 Å². The Balaban J connectivity index is 1.71. The van der Waals surface area contributed by atoms with Gasteiger partial charge in [0, 0.05) is 10.9 Å². The molecule has 0 atom stereocenters. The Morgan fingerprint density at radius 3 is 2.50 bits per heavy atom. The van der Waals surface area contributed by atoms with Gasteiger partial charge in [-0.05, 0) is 48.9 Å². The Morgan fingerprint density at radius 1 is 0.967 bits per heavy atom. The molecule has 1 N–H and O–H groups in total. The molecule has 0 amide bonds. The van der Waals surface area contributed by atoms with E-state index in [1.54, 1.807) is 13.2 Å². The molecular weight excluding hydrogens is 378 g/mol. The highest BCUT2D eigenvalue weighted by molar-refractivity contribution is 6.04. The lowest BCUT2D eigenvalue weighted by Gasteiger charge is -2.13. The number of carboxylic acids is 1. The van der Waals surface area contributed by atoms with Crippen molar-refractivity contribution in [2.24, 2.45) is 0 Å². The SMILES string of the molecule is COc1cc(-c2cc(C(=O)O)c3cc(C)ccc3n2)ccc1OCc1ccccc1. The van der Waals surface area contributed by atoms with Crippen molar-refractivity contribution in [1.82, 2.24) is 4.98 Å². The van der Waals surface area contributed by atoms with Crippen LogP contribution in [-0.2, 0) is 6.61 Å². The minimum atomic E-state index is -0.982. The predicted molar refractivity (Wildman–Crippen MR) is 116 cm³/mol. The van der Waals surface area contributed by atoms with E-state index in [-0.39, 0.29) is 5.56 Å². The van der Waals surface area contributed by atoms with Gasteiger partial charge >= 0.3 is 5.97 Å². The first-order valence-corrected chi connectivity index (χ1v) is 9.55. The number of methoxy groups -OCH3 is 1. The molecule has 3 aromatic carbocycles. The summed E-state index contributed by atoms with van der Waals surface area (Å²) in [5, 5.41) is 10.3. The predicted octanol–water partition coefficient (Wildman–Crippen LogP) is 5.50. The first kappa shape index (κ1) is 19.5. The van der Waals surface area contributed by atoms with Gasteiger partial charge in [-0.25, -0.2) is 9.78 Å². The van der Waals surface area contributed by atoms with Gasteiger partial charge in [0.15, 0.2) is 11.5 Å². The normalized spacial score (nSPS) is 10.7. The van der Waals surface area contributed by atoms with Crippen molar-refractivity contribution in [3.05, 3.63) is 89.5 Å². The van der Waals surface area contributed by atoms with E-state index in [1.807, 2.05) is 73.7 Å².